The van der Waals surface area contributed by atoms with Crippen LogP contribution < -0.4 is 11.1 Å². The summed E-state index contributed by atoms with van der Waals surface area (Å²) in [7, 11) is 0. The number of hydrogen-bond acceptors (Lipinski definition) is 2. The van der Waals surface area contributed by atoms with Crippen LogP contribution in [0.1, 0.15) is 37.3 Å². The van der Waals surface area contributed by atoms with Gasteiger partial charge in [0.2, 0.25) is 5.91 Å². The van der Waals surface area contributed by atoms with Crippen LogP contribution in [0, 0.1) is 0 Å². The van der Waals surface area contributed by atoms with Crippen molar-refractivity contribution < 1.29 is 4.79 Å². The molecule has 1 aliphatic carbocycles. The zero-order chi connectivity index (χ0) is 12.3. The van der Waals surface area contributed by atoms with E-state index in [1.165, 1.54) is 11.1 Å². The first kappa shape index (κ1) is 12.1. The number of carbonyl (C=O) groups excluding carboxylic acids is 1. The molecule has 0 atom stereocenters. The second kappa shape index (κ2) is 4.88. The minimum atomic E-state index is -0.113. The van der Waals surface area contributed by atoms with Crippen molar-refractivity contribution in [3.05, 3.63) is 35.4 Å². The van der Waals surface area contributed by atoms with Gasteiger partial charge in [-0.3, -0.25) is 4.79 Å². The fourth-order valence-corrected chi connectivity index (χ4v) is 2.16. The summed E-state index contributed by atoms with van der Waals surface area (Å²) in [5.41, 5.74) is 8.57. The highest BCUT2D eigenvalue weighted by Gasteiger charge is 2.41. The Morgan fingerprint density at radius 1 is 1.41 bits per heavy atom. The fourth-order valence-electron chi connectivity index (χ4n) is 2.16. The number of rotatable bonds is 5. The van der Waals surface area contributed by atoms with Gasteiger partial charge in [-0.25, -0.2) is 0 Å². The molecular formula is C14H20N2O. The average molecular weight is 232 g/mol. The number of nitrogens with one attached hydrogen (secondary N) is 1. The van der Waals surface area contributed by atoms with Gasteiger partial charge in [-0.05, 0) is 37.3 Å². The third kappa shape index (κ3) is 2.86. The zero-order valence-electron chi connectivity index (χ0n) is 10.3. The minimum Gasteiger partial charge on any atom is -0.356 e. The number of amides is 1. The standard InChI is InChI=1S/C14H20N2O/c1-2-16-13(17)8-7-11-5-3-4-6-12(11)14(15)9-10-14/h3-6H,2,7-10,15H2,1H3,(H,16,17). The van der Waals surface area contributed by atoms with E-state index in [1.54, 1.807) is 0 Å². The Hall–Kier alpha value is -1.35. The third-order valence-corrected chi connectivity index (χ3v) is 3.34. The van der Waals surface area contributed by atoms with E-state index in [0.717, 1.165) is 19.3 Å². The molecule has 0 aromatic heterocycles. The van der Waals surface area contributed by atoms with Crippen LogP contribution in [0.4, 0.5) is 0 Å². The fraction of sp³-hybridized carbons (Fsp3) is 0.500. The lowest BCUT2D eigenvalue weighted by Gasteiger charge is -2.14. The molecule has 1 amide bonds. The molecule has 1 aromatic carbocycles. The van der Waals surface area contributed by atoms with Crippen molar-refractivity contribution in [3.8, 4) is 0 Å². The number of carbonyl (C=O) groups is 1. The molecule has 17 heavy (non-hydrogen) atoms. The molecule has 0 saturated heterocycles. The molecule has 0 heterocycles. The molecule has 0 aliphatic heterocycles. The molecular weight excluding hydrogens is 212 g/mol. The summed E-state index contributed by atoms with van der Waals surface area (Å²) < 4.78 is 0. The van der Waals surface area contributed by atoms with E-state index in [-0.39, 0.29) is 11.4 Å². The zero-order valence-corrected chi connectivity index (χ0v) is 10.3. The summed E-state index contributed by atoms with van der Waals surface area (Å²) in [6, 6.07) is 8.22. The number of aryl methyl sites for hydroxylation is 1. The highest BCUT2D eigenvalue weighted by molar-refractivity contribution is 5.76. The molecule has 0 radical (unpaired) electrons. The van der Waals surface area contributed by atoms with Crippen LogP contribution in [0.25, 0.3) is 0 Å². The highest BCUT2D eigenvalue weighted by atomic mass is 16.1. The van der Waals surface area contributed by atoms with E-state index in [0.29, 0.717) is 13.0 Å². The first-order valence-corrected chi connectivity index (χ1v) is 6.30. The minimum absolute atomic E-state index is 0.113. The molecule has 0 unspecified atom stereocenters. The Bertz CT molecular complexity index is 410. The molecule has 0 bridgehead atoms. The van der Waals surface area contributed by atoms with Crippen molar-refractivity contribution in [1.82, 2.24) is 5.32 Å². The van der Waals surface area contributed by atoms with Crippen molar-refractivity contribution in [1.29, 1.82) is 0 Å². The summed E-state index contributed by atoms with van der Waals surface area (Å²) in [4.78, 5) is 11.5. The maximum Gasteiger partial charge on any atom is 0.220 e. The van der Waals surface area contributed by atoms with Crippen LogP contribution >= 0.6 is 0 Å². The second-order valence-electron chi connectivity index (χ2n) is 4.77. The van der Waals surface area contributed by atoms with Crippen molar-refractivity contribution in [2.75, 3.05) is 6.54 Å². The van der Waals surface area contributed by atoms with Crippen molar-refractivity contribution in [2.24, 2.45) is 5.73 Å². The Kier molecular flexibility index (Phi) is 3.48. The molecule has 1 aliphatic rings. The summed E-state index contributed by atoms with van der Waals surface area (Å²) >= 11 is 0. The lowest BCUT2D eigenvalue weighted by Crippen LogP contribution is -2.24. The molecule has 3 heteroatoms. The topological polar surface area (TPSA) is 55.1 Å². The predicted molar refractivity (Wildman–Crippen MR) is 68.5 cm³/mol. The third-order valence-electron chi connectivity index (χ3n) is 3.34. The van der Waals surface area contributed by atoms with E-state index in [9.17, 15) is 4.79 Å². The van der Waals surface area contributed by atoms with E-state index in [4.69, 9.17) is 5.73 Å². The molecule has 3 N–H and O–H groups in total. The van der Waals surface area contributed by atoms with Gasteiger partial charge in [-0.15, -0.1) is 0 Å². The SMILES string of the molecule is CCNC(=O)CCc1ccccc1C1(N)CC1. The van der Waals surface area contributed by atoms with Crippen LogP contribution in [0.3, 0.4) is 0 Å². The second-order valence-corrected chi connectivity index (χ2v) is 4.77. The first-order chi connectivity index (χ1) is 8.15. The number of benzene rings is 1. The van der Waals surface area contributed by atoms with Crippen molar-refractivity contribution in [2.45, 2.75) is 38.1 Å². The summed E-state index contributed by atoms with van der Waals surface area (Å²) in [5, 5.41) is 2.82. The van der Waals surface area contributed by atoms with Gasteiger partial charge in [0.05, 0.1) is 0 Å². The summed E-state index contributed by atoms with van der Waals surface area (Å²) in [6.07, 6.45) is 3.44. The Labute approximate surface area is 102 Å². The Balaban J connectivity index is 2.03. The van der Waals surface area contributed by atoms with Crippen LogP contribution in [-0.4, -0.2) is 12.5 Å². The van der Waals surface area contributed by atoms with E-state index >= 15 is 0 Å². The quantitative estimate of drug-likeness (QED) is 0.812. The smallest absolute Gasteiger partial charge is 0.220 e. The van der Waals surface area contributed by atoms with Gasteiger partial charge >= 0.3 is 0 Å². The van der Waals surface area contributed by atoms with E-state index in [2.05, 4.69) is 17.4 Å². The first-order valence-electron chi connectivity index (χ1n) is 6.30. The largest absolute Gasteiger partial charge is 0.356 e. The van der Waals surface area contributed by atoms with Crippen molar-refractivity contribution in [3.63, 3.8) is 0 Å². The molecule has 92 valence electrons. The number of nitrogens with two attached hydrogens (primary N) is 1. The Morgan fingerprint density at radius 2 is 2.12 bits per heavy atom. The molecule has 2 rings (SSSR count). The van der Waals surface area contributed by atoms with E-state index < -0.39 is 0 Å². The lowest BCUT2D eigenvalue weighted by atomic mass is 9.96. The van der Waals surface area contributed by atoms with Gasteiger partial charge < -0.3 is 11.1 Å². The monoisotopic (exact) mass is 232 g/mol. The number of hydrogen-bond donors (Lipinski definition) is 2. The van der Waals surface area contributed by atoms with Gasteiger partial charge in [0.25, 0.3) is 0 Å². The molecule has 1 fully saturated rings. The summed E-state index contributed by atoms with van der Waals surface area (Å²) in [6.45, 7) is 2.63. The highest BCUT2D eigenvalue weighted by Crippen LogP contribution is 2.44. The van der Waals surface area contributed by atoms with E-state index in [1.807, 2.05) is 19.1 Å². The van der Waals surface area contributed by atoms with Crippen LogP contribution in [0.15, 0.2) is 24.3 Å². The molecule has 3 nitrogen and oxygen atoms in total. The maximum absolute atomic E-state index is 11.5. The van der Waals surface area contributed by atoms with Crippen molar-refractivity contribution >= 4 is 5.91 Å². The normalized spacial score (nSPS) is 16.6. The molecule has 1 aromatic rings. The Morgan fingerprint density at radius 3 is 2.76 bits per heavy atom. The average Bonchev–Trinajstić information content (AvgIpc) is 3.07. The van der Waals surface area contributed by atoms with Gasteiger partial charge in [-0.1, -0.05) is 24.3 Å². The summed E-state index contributed by atoms with van der Waals surface area (Å²) in [5.74, 6) is 0.115. The van der Waals surface area contributed by atoms with Gasteiger partial charge in [-0.2, -0.15) is 0 Å². The molecule has 0 spiro atoms. The maximum atomic E-state index is 11.5. The van der Waals surface area contributed by atoms with Gasteiger partial charge in [0.15, 0.2) is 0 Å². The van der Waals surface area contributed by atoms with Crippen LogP contribution in [-0.2, 0) is 16.8 Å². The van der Waals surface area contributed by atoms with Crippen LogP contribution in [0.2, 0.25) is 0 Å². The molecule has 1 saturated carbocycles. The van der Waals surface area contributed by atoms with Gasteiger partial charge in [0, 0.05) is 18.5 Å². The van der Waals surface area contributed by atoms with Crippen LogP contribution in [0.5, 0.6) is 0 Å². The predicted octanol–water partition coefficient (Wildman–Crippen LogP) is 1.70. The lowest BCUT2D eigenvalue weighted by molar-refractivity contribution is -0.120. The van der Waals surface area contributed by atoms with Gasteiger partial charge in [0.1, 0.15) is 0 Å².